The van der Waals surface area contributed by atoms with E-state index in [0.29, 0.717) is 0 Å². The van der Waals surface area contributed by atoms with Crippen LogP contribution in [-0.2, 0) is 6.42 Å². The molecule has 0 amide bonds. The molecule has 7 heteroatoms. The van der Waals surface area contributed by atoms with Gasteiger partial charge in [0.25, 0.3) is 0 Å². The third-order valence-electron chi connectivity index (χ3n) is 10.2. The van der Waals surface area contributed by atoms with Gasteiger partial charge in [0.15, 0.2) is 11.5 Å². The van der Waals surface area contributed by atoms with Gasteiger partial charge < -0.3 is 9.13 Å². The molecule has 0 unspecified atom stereocenters. The fourth-order valence-corrected chi connectivity index (χ4v) is 7.69. The van der Waals surface area contributed by atoms with E-state index in [0.717, 1.165) is 4.57 Å². The maximum absolute atomic E-state index is 9.32. The van der Waals surface area contributed by atoms with Crippen molar-refractivity contribution in [3.63, 3.8) is 0 Å². The Labute approximate surface area is 376 Å². The van der Waals surface area contributed by atoms with Crippen LogP contribution < -0.4 is 0 Å². The number of benzene rings is 8. The number of nitrogens with zero attached hydrogens (tertiary/aromatic N) is 7. The minimum absolute atomic E-state index is 0.0213. The van der Waals surface area contributed by atoms with Crippen LogP contribution in [0.15, 0.2) is 188 Å². The van der Waals surface area contributed by atoms with Gasteiger partial charge in [0, 0.05) is 56.9 Å². The molecular weight excluding hydrogens is 735 g/mol. The first-order chi connectivity index (χ1) is 39.3. The maximum atomic E-state index is 9.32. The van der Waals surface area contributed by atoms with Crippen LogP contribution in [0.2, 0.25) is 0 Å². The molecule has 4 heterocycles. The standard InChI is InChI=1S/C53H33N7/c1-54-35-30-31-41-40-21-5-10-24-44(40)58(50(41)33-35)43-23-9-2-16-34(43)32-51-55-52(57-53(56-51)60-47-27-13-6-19-38(47)39-20-7-14-28-48(39)60)42-22-8-15-29-49(42)59-45-25-11-3-17-36(45)37-18-4-12-26-46(37)59/h2-31,33H,32H2/i3D,4D,5D,6D,7D,10D,11D,12D,13D,14D,17D,18D,19D,20D,21D,24D,25D,26D,27D,28D,30D,31D,33D. The Morgan fingerprint density at radius 1 is 0.467 bits per heavy atom. The van der Waals surface area contributed by atoms with E-state index in [1.54, 1.807) is 18.2 Å². The molecular formula is C53H33N7. The average molecular weight is 791 g/mol. The molecule has 0 bridgehead atoms. The van der Waals surface area contributed by atoms with Crippen LogP contribution in [-0.4, -0.2) is 28.7 Å². The SMILES string of the molecule is [2H]c1c([2H])c([2H])c2c(c1[2H])c1c([2H])c([2H])c([2H])c([2H])c1n2-c1nc(Cc2ccccc2-n2c3c([2H])c([2H])c([2H])c([2H])c3c3c([2H])c([2H])c([N+]#[C-])c([2H])c32)nc(-c2ccccc2-n2c3c([2H])c([2H])c([2H])c([2H])c3c3c([2H])c([2H])c([2H])c([2H])c32)n1. The quantitative estimate of drug-likeness (QED) is 0.158. The minimum Gasteiger partial charge on any atom is -0.310 e. The van der Waals surface area contributed by atoms with E-state index in [1.807, 2.05) is 0 Å². The molecule has 60 heavy (non-hydrogen) atoms. The molecule has 0 radical (unpaired) electrons. The van der Waals surface area contributed by atoms with E-state index in [1.165, 1.54) is 39.5 Å². The van der Waals surface area contributed by atoms with E-state index >= 15 is 0 Å². The first-order valence-corrected chi connectivity index (χ1v) is 18.2. The predicted octanol–water partition coefficient (Wildman–Crippen LogP) is 13.0. The topological polar surface area (TPSA) is 57.8 Å². The van der Waals surface area contributed by atoms with E-state index in [4.69, 9.17) is 44.8 Å². The molecule has 0 aliphatic carbocycles. The summed E-state index contributed by atoms with van der Waals surface area (Å²) in [6, 6.07) is -3.10. The zero-order valence-corrected chi connectivity index (χ0v) is 30.5. The summed E-state index contributed by atoms with van der Waals surface area (Å²) in [6.45, 7) is 7.91. The highest BCUT2D eigenvalue weighted by molar-refractivity contribution is 6.11. The van der Waals surface area contributed by atoms with Crippen molar-refractivity contribution in [3.05, 3.63) is 210 Å². The number of aromatic nitrogens is 6. The third-order valence-corrected chi connectivity index (χ3v) is 10.2. The zero-order chi connectivity index (χ0) is 59.8. The van der Waals surface area contributed by atoms with Gasteiger partial charge in [0.2, 0.25) is 5.95 Å². The molecule has 0 N–H and O–H groups in total. The lowest BCUT2D eigenvalue weighted by atomic mass is 10.1. The molecule has 7 nitrogen and oxygen atoms in total. The van der Waals surface area contributed by atoms with E-state index in [9.17, 15) is 8.22 Å². The highest BCUT2D eigenvalue weighted by Crippen LogP contribution is 2.38. The smallest absolute Gasteiger partial charge is 0.238 e. The molecule has 0 atom stereocenters. The molecule has 8 aromatic carbocycles. The Morgan fingerprint density at radius 2 is 0.933 bits per heavy atom. The summed E-state index contributed by atoms with van der Waals surface area (Å²) >= 11 is 0. The van der Waals surface area contributed by atoms with Gasteiger partial charge in [-0.05, 0) is 60.0 Å². The Bertz CT molecular complexity index is 4920. The molecule has 280 valence electrons. The number of rotatable bonds is 6. The Hall–Kier alpha value is -8.34. The number of fused-ring (bicyclic) bond motifs is 9. The fourth-order valence-electron chi connectivity index (χ4n) is 7.69. The van der Waals surface area contributed by atoms with Crippen molar-refractivity contribution >= 4 is 71.1 Å². The third kappa shape index (κ3) is 5.11. The molecule has 0 spiro atoms. The second-order valence-corrected chi connectivity index (χ2v) is 13.4. The maximum Gasteiger partial charge on any atom is 0.238 e. The number of para-hydroxylation sites is 7. The van der Waals surface area contributed by atoms with Crippen LogP contribution in [0.25, 0.3) is 99.0 Å². The lowest BCUT2D eigenvalue weighted by Gasteiger charge is -2.16. The highest BCUT2D eigenvalue weighted by Gasteiger charge is 2.22. The van der Waals surface area contributed by atoms with Crippen molar-refractivity contribution in [2.45, 2.75) is 6.42 Å². The summed E-state index contributed by atoms with van der Waals surface area (Å²) in [7, 11) is 0. The molecule has 0 aliphatic heterocycles. The van der Waals surface area contributed by atoms with Gasteiger partial charge in [-0.15, -0.1) is 0 Å². The number of hydrogen-bond donors (Lipinski definition) is 0. The van der Waals surface area contributed by atoms with Gasteiger partial charge in [-0.25, -0.2) is 9.83 Å². The Balaban J connectivity index is 1.23. The second kappa shape index (κ2) is 13.4. The Morgan fingerprint density at radius 3 is 1.50 bits per heavy atom. The van der Waals surface area contributed by atoms with Gasteiger partial charge in [-0.3, -0.25) is 4.57 Å². The lowest BCUT2D eigenvalue weighted by Crippen LogP contribution is -2.11. The Kier molecular flexibility index (Phi) is 4.03. The lowest BCUT2D eigenvalue weighted by molar-refractivity contribution is 0.870. The molecule has 0 saturated carbocycles. The van der Waals surface area contributed by atoms with Crippen molar-refractivity contribution in [3.8, 4) is 28.7 Å². The molecule has 12 aromatic rings. The monoisotopic (exact) mass is 790 g/mol. The van der Waals surface area contributed by atoms with Crippen molar-refractivity contribution in [2.75, 3.05) is 0 Å². The molecule has 0 aliphatic rings. The summed E-state index contributed by atoms with van der Waals surface area (Å²) < 4.78 is 209. The van der Waals surface area contributed by atoms with Crippen molar-refractivity contribution in [2.24, 2.45) is 0 Å². The first kappa shape index (κ1) is 18.1. The van der Waals surface area contributed by atoms with Crippen LogP contribution in [0.5, 0.6) is 0 Å². The van der Waals surface area contributed by atoms with Gasteiger partial charge in [-0.1, -0.05) is 133 Å². The van der Waals surface area contributed by atoms with E-state index in [2.05, 4.69) is 4.85 Å². The zero-order valence-electron chi connectivity index (χ0n) is 53.5. The molecule has 0 fully saturated rings. The van der Waals surface area contributed by atoms with Gasteiger partial charge in [-0.2, -0.15) is 9.97 Å². The summed E-state index contributed by atoms with van der Waals surface area (Å²) in [5.41, 5.74) is -2.02. The predicted molar refractivity (Wildman–Crippen MR) is 244 cm³/mol. The van der Waals surface area contributed by atoms with Crippen molar-refractivity contribution in [1.82, 2.24) is 28.7 Å². The molecule has 12 rings (SSSR count). The minimum atomic E-state index is -0.760. The van der Waals surface area contributed by atoms with E-state index in [-0.39, 0.29) is 99.6 Å². The molecule has 4 aromatic heterocycles. The van der Waals surface area contributed by atoms with E-state index < -0.39 is 157 Å². The summed E-state index contributed by atoms with van der Waals surface area (Å²) in [6.07, 6.45) is -0.426. The van der Waals surface area contributed by atoms with Gasteiger partial charge in [0.05, 0.1) is 70.0 Å². The summed E-state index contributed by atoms with van der Waals surface area (Å²) in [5.74, 6) is -1.06. The average Bonchev–Trinajstić information content (AvgIpc) is 1.79. The van der Waals surface area contributed by atoms with Crippen molar-refractivity contribution in [1.29, 1.82) is 0 Å². The fraction of sp³-hybridized carbons (Fsp3) is 0.0189. The summed E-state index contributed by atoms with van der Waals surface area (Å²) in [4.78, 5) is 18.1. The second-order valence-electron chi connectivity index (χ2n) is 13.4. The number of hydrogen-bond acceptors (Lipinski definition) is 3. The van der Waals surface area contributed by atoms with Crippen LogP contribution in [0.1, 0.15) is 42.9 Å². The largest absolute Gasteiger partial charge is 0.310 e. The summed E-state index contributed by atoms with van der Waals surface area (Å²) in [5, 5.41) is -1.59. The van der Waals surface area contributed by atoms with Crippen LogP contribution in [0, 0.1) is 6.57 Å². The van der Waals surface area contributed by atoms with Gasteiger partial charge in [0.1, 0.15) is 5.82 Å². The van der Waals surface area contributed by atoms with Gasteiger partial charge >= 0.3 is 0 Å². The van der Waals surface area contributed by atoms with Crippen LogP contribution >= 0.6 is 0 Å². The molecule has 0 saturated heterocycles. The first-order valence-electron chi connectivity index (χ1n) is 29.7. The highest BCUT2D eigenvalue weighted by atomic mass is 15.2. The van der Waals surface area contributed by atoms with Crippen molar-refractivity contribution < 1.29 is 31.5 Å². The van der Waals surface area contributed by atoms with Crippen LogP contribution in [0.3, 0.4) is 0 Å². The van der Waals surface area contributed by atoms with Crippen LogP contribution in [0.4, 0.5) is 5.69 Å². The normalized spacial score (nSPS) is 17.1.